The highest BCUT2D eigenvalue weighted by atomic mass is 32.1. The third-order valence-electron chi connectivity index (χ3n) is 5.29. The predicted molar refractivity (Wildman–Crippen MR) is 104 cm³/mol. The summed E-state index contributed by atoms with van der Waals surface area (Å²) in [7, 11) is 0. The van der Waals surface area contributed by atoms with E-state index in [1.807, 2.05) is 13.0 Å². The highest BCUT2D eigenvalue weighted by Gasteiger charge is 2.40. The predicted octanol–water partition coefficient (Wildman–Crippen LogP) is 4.93. The quantitative estimate of drug-likeness (QED) is 0.698. The van der Waals surface area contributed by atoms with E-state index in [1.165, 1.54) is 12.1 Å². The Bertz CT molecular complexity index is 737. The molecule has 0 saturated heterocycles. The Balaban J connectivity index is 1.56. The first-order chi connectivity index (χ1) is 12.6. The molecule has 0 unspecified atom stereocenters. The minimum atomic E-state index is -0.563. The van der Waals surface area contributed by atoms with Crippen molar-refractivity contribution in [1.82, 2.24) is 10.3 Å². The topological polar surface area (TPSA) is 42.0 Å². The summed E-state index contributed by atoms with van der Waals surface area (Å²) >= 11 is 1.70. The van der Waals surface area contributed by atoms with Crippen LogP contribution >= 0.6 is 11.3 Å². The lowest BCUT2D eigenvalue weighted by Gasteiger charge is -2.36. The second-order valence-electron chi connectivity index (χ2n) is 7.25. The van der Waals surface area contributed by atoms with Crippen LogP contribution in [-0.2, 0) is 16.6 Å². The largest absolute Gasteiger partial charge is 0.355 e. The second kappa shape index (κ2) is 8.76. The molecule has 0 spiro atoms. The van der Waals surface area contributed by atoms with Crippen molar-refractivity contribution in [2.45, 2.75) is 63.7 Å². The molecule has 0 bridgehead atoms. The highest BCUT2D eigenvalue weighted by molar-refractivity contribution is 7.09. The summed E-state index contributed by atoms with van der Waals surface area (Å²) in [5.74, 6) is -0.202. The van der Waals surface area contributed by atoms with Crippen LogP contribution in [0.2, 0.25) is 0 Å². The number of unbranched alkanes of at least 4 members (excludes halogenated alkanes) is 1. The molecule has 1 aromatic carbocycles. The monoisotopic (exact) mass is 374 g/mol. The van der Waals surface area contributed by atoms with Gasteiger partial charge in [-0.2, -0.15) is 0 Å². The maximum Gasteiger partial charge on any atom is 0.230 e. The van der Waals surface area contributed by atoms with Crippen molar-refractivity contribution in [3.05, 3.63) is 51.7 Å². The maximum atomic E-state index is 13.7. The second-order valence-corrected chi connectivity index (χ2v) is 8.19. The Hall–Kier alpha value is -1.75. The van der Waals surface area contributed by atoms with Gasteiger partial charge in [0.2, 0.25) is 5.91 Å². The molecule has 1 N–H and O–H groups in total. The Labute approximate surface area is 159 Å². The number of rotatable bonds is 7. The number of aromatic nitrogens is 1. The van der Waals surface area contributed by atoms with E-state index in [-0.39, 0.29) is 11.7 Å². The number of carbonyl (C=O) groups is 1. The smallest absolute Gasteiger partial charge is 0.230 e. The van der Waals surface area contributed by atoms with Gasteiger partial charge in [0, 0.05) is 17.6 Å². The molecule has 26 heavy (non-hydrogen) atoms. The summed E-state index contributed by atoms with van der Waals surface area (Å²) < 4.78 is 13.7. The average molecular weight is 375 g/mol. The van der Waals surface area contributed by atoms with Crippen molar-refractivity contribution in [3.63, 3.8) is 0 Å². The molecule has 1 saturated carbocycles. The minimum Gasteiger partial charge on any atom is -0.355 e. The molecule has 0 aliphatic heterocycles. The molecule has 1 amide bonds. The zero-order valence-corrected chi connectivity index (χ0v) is 16.2. The van der Waals surface area contributed by atoms with Crippen LogP contribution in [0.5, 0.6) is 0 Å². The number of halogens is 1. The van der Waals surface area contributed by atoms with Crippen LogP contribution in [0.4, 0.5) is 4.39 Å². The van der Waals surface area contributed by atoms with Crippen LogP contribution < -0.4 is 5.32 Å². The molecule has 0 radical (unpaired) electrons. The van der Waals surface area contributed by atoms with E-state index in [4.69, 9.17) is 0 Å². The van der Waals surface area contributed by atoms with Crippen LogP contribution in [0.3, 0.4) is 0 Å². The van der Waals surface area contributed by atoms with E-state index in [0.717, 1.165) is 67.6 Å². The lowest BCUT2D eigenvalue weighted by Crippen LogP contribution is -2.46. The first-order valence-corrected chi connectivity index (χ1v) is 10.4. The Morgan fingerprint density at radius 3 is 2.77 bits per heavy atom. The molecule has 3 rings (SSSR count). The molecular weight excluding hydrogens is 347 g/mol. The van der Waals surface area contributed by atoms with Gasteiger partial charge in [0.05, 0.1) is 10.4 Å². The van der Waals surface area contributed by atoms with Crippen molar-refractivity contribution in [2.24, 2.45) is 0 Å². The first kappa shape index (κ1) is 19.0. The number of thiazole rings is 1. The van der Waals surface area contributed by atoms with Crippen LogP contribution in [0.15, 0.2) is 29.6 Å². The van der Waals surface area contributed by atoms with Gasteiger partial charge in [-0.25, -0.2) is 9.37 Å². The van der Waals surface area contributed by atoms with Gasteiger partial charge >= 0.3 is 0 Å². The number of benzene rings is 1. The minimum absolute atomic E-state index is 0.0629. The van der Waals surface area contributed by atoms with Crippen molar-refractivity contribution in [3.8, 4) is 0 Å². The van der Waals surface area contributed by atoms with Crippen LogP contribution in [-0.4, -0.2) is 17.4 Å². The van der Waals surface area contributed by atoms with Crippen LogP contribution in [0.1, 0.15) is 61.2 Å². The summed E-state index contributed by atoms with van der Waals surface area (Å²) in [6.45, 7) is 2.68. The molecule has 1 aliphatic carbocycles. The summed E-state index contributed by atoms with van der Waals surface area (Å²) in [6.07, 6.45) is 7.72. The zero-order chi connectivity index (χ0) is 18.4. The standard InChI is InChI=1S/C21H27FN2OS/c1-16-15-26-19(24-16)10-3-6-13-23-20(25)21(11-4-2-5-12-21)17-8-7-9-18(22)14-17/h7-9,14-15H,2-6,10-13H2,1H3,(H,23,25). The maximum absolute atomic E-state index is 13.7. The summed E-state index contributed by atoms with van der Waals surface area (Å²) in [6, 6.07) is 6.59. The molecule has 1 aromatic heterocycles. The van der Waals surface area contributed by atoms with Gasteiger partial charge in [-0.05, 0) is 56.7 Å². The van der Waals surface area contributed by atoms with Crippen molar-refractivity contribution < 1.29 is 9.18 Å². The number of carbonyl (C=O) groups excluding carboxylic acids is 1. The summed E-state index contributed by atoms with van der Waals surface area (Å²) in [5.41, 5.74) is 1.34. The fourth-order valence-electron chi connectivity index (χ4n) is 3.88. The number of nitrogens with zero attached hydrogens (tertiary/aromatic N) is 1. The summed E-state index contributed by atoms with van der Waals surface area (Å²) in [5, 5.41) is 6.36. The van der Waals surface area contributed by atoms with Crippen molar-refractivity contribution in [2.75, 3.05) is 6.54 Å². The molecular formula is C21H27FN2OS. The van der Waals surface area contributed by atoms with Gasteiger partial charge in [0.25, 0.3) is 0 Å². The van der Waals surface area contributed by atoms with E-state index in [1.54, 1.807) is 17.4 Å². The molecule has 1 heterocycles. The van der Waals surface area contributed by atoms with Crippen LogP contribution in [0, 0.1) is 12.7 Å². The van der Waals surface area contributed by atoms with Gasteiger partial charge in [-0.3, -0.25) is 4.79 Å². The Morgan fingerprint density at radius 1 is 1.27 bits per heavy atom. The molecule has 5 heteroatoms. The van der Waals surface area contributed by atoms with E-state index in [2.05, 4.69) is 15.7 Å². The van der Waals surface area contributed by atoms with Crippen LogP contribution in [0.25, 0.3) is 0 Å². The third-order valence-corrected chi connectivity index (χ3v) is 6.31. The fraction of sp³-hybridized carbons (Fsp3) is 0.524. The fourth-order valence-corrected chi connectivity index (χ4v) is 4.70. The third kappa shape index (κ3) is 4.50. The van der Waals surface area contributed by atoms with E-state index >= 15 is 0 Å². The van der Waals surface area contributed by atoms with E-state index in [0.29, 0.717) is 6.54 Å². The lowest BCUT2D eigenvalue weighted by atomic mass is 9.68. The number of hydrogen-bond donors (Lipinski definition) is 1. The Kier molecular flexibility index (Phi) is 6.41. The molecule has 0 atom stereocenters. The lowest BCUT2D eigenvalue weighted by molar-refractivity contribution is -0.128. The van der Waals surface area contributed by atoms with Gasteiger partial charge in [-0.1, -0.05) is 31.4 Å². The number of nitrogens with one attached hydrogen (secondary N) is 1. The van der Waals surface area contributed by atoms with Gasteiger partial charge < -0.3 is 5.32 Å². The number of hydrogen-bond acceptors (Lipinski definition) is 3. The number of aryl methyl sites for hydroxylation is 2. The van der Waals surface area contributed by atoms with Gasteiger partial charge in [0.1, 0.15) is 5.82 Å². The molecule has 1 fully saturated rings. The molecule has 1 aliphatic rings. The highest BCUT2D eigenvalue weighted by Crippen LogP contribution is 2.40. The summed E-state index contributed by atoms with van der Waals surface area (Å²) in [4.78, 5) is 17.5. The SMILES string of the molecule is Cc1csc(CCCCNC(=O)C2(c3cccc(F)c3)CCCCC2)n1. The van der Waals surface area contributed by atoms with E-state index < -0.39 is 5.41 Å². The zero-order valence-electron chi connectivity index (χ0n) is 15.4. The van der Waals surface area contributed by atoms with Gasteiger partial charge in [0.15, 0.2) is 0 Å². The van der Waals surface area contributed by atoms with Gasteiger partial charge in [-0.15, -0.1) is 11.3 Å². The van der Waals surface area contributed by atoms with Crippen molar-refractivity contribution in [1.29, 1.82) is 0 Å². The molecule has 2 aromatic rings. The molecule has 140 valence electrons. The number of amides is 1. The first-order valence-electron chi connectivity index (χ1n) is 9.55. The normalized spacial score (nSPS) is 16.4. The molecule has 3 nitrogen and oxygen atoms in total. The van der Waals surface area contributed by atoms with Crippen molar-refractivity contribution >= 4 is 17.2 Å². The Morgan fingerprint density at radius 2 is 2.08 bits per heavy atom. The average Bonchev–Trinajstić information content (AvgIpc) is 3.07. The van der Waals surface area contributed by atoms with E-state index in [9.17, 15) is 9.18 Å².